The summed E-state index contributed by atoms with van der Waals surface area (Å²) in [5.41, 5.74) is 10.5. The predicted octanol–water partition coefficient (Wildman–Crippen LogP) is 2.27. The van der Waals surface area contributed by atoms with E-state index in [9.17, 15) is 0 Å². The highest BCUT2D eigenvalue weighted by molar-refractivity contribution is 6.29. The maximum Gasteiger partial charge on any atom is 0.147 e. The van der Waals surface area contributed by atoms with Crippen LogP contribution in [0.15, 0.2) is 30.6 Å². The number of hydrogen-bond acceptors (Lipinski definition) is 4. The molecular formula is C14H15ClN4. The highest BCUT2D eigenvalue weighted by Gasteiger charge is 2.18. The van der Waals surface area contributed by atoms with E-state index in [0.717, 1.165) is 37.4 Å². The largest absolute Gasteiger partial charge is 0.398 e. The third-order valence-corrected chi connectivity index (χ3v) is 3.64. The number of fused-ring (bicyclic) bond motifs is 1. The van der Waals surface area contributed by atoms with Crippen LogP contribution in [0.1, 0.15) is 16.8 Å². The number of aromatic nitrogens is 2. The molecule has 0 bridgehead atoms. The van der Waals surface area contributed by atoms with Gasteiger partial charge in [-0.15, -0.1) is 0 Å². The molecule has 0 saturated carbocycles. The van der Waals surface area contributed by atoms with E-state index in [4.69, 9.17) is 17.3 Å². The van der Waals surface area contributed by atoms with Crippen molar-refractivity contribution in [2.75, 3.05) is 12.3 Å². The van der Waals surface area contributed by atoms with Crippen LogP contribution in [0.2, 0.25) is 5.15 Å². The molecule has 1 aromatic carbocycles. The lowest BCUT2D eigenvalue weighted by molar-refractivity contribution is 0.242. The Balaban J connectivity index is 1.74. The molecular weight excluding hydrogens is 260 g/mol. The Hall–Kier alpha value is -1.65. The third kappa shape index (κ3) is 2.69. The molecule has 0 spiro atoms. The van der Waals surface area contributed by atoms with Gasteiger partial charge in [-0.1, -0.05) is 23.7 Å². The van der Waals surface area contributed by atoms with Gasteiger partial charge in [0.1, 0.15) is 5.15 Å². The normalized spacial score (nSPS) is 15.2. The number of halogens is 1. The smallest absolute Gasteiger partial charge is 0.147 e. The van der Waals surface area contributed by atoms with Crippen LogP contribution in [0, 0.1) is 0 Å². The minimum absolute atomic E-state index is 0.431. The average molecular weight is 275 g/mol. The Morgan fingerprint density at radius 1 is 1.26 bits per heavy atom. The molecule has 5 heteroatoms. The van der Waals surface area contributed by atoms with Gasteiger partial charge in [-0.25, -0.2) is 4.98 Å². The number of nitrogens with zero attached hydrogens (tertiary/aromatic N) is 3. The van der Waals surface area contributed by atoms with Crippen LogP contribution in [0.5, 0.6) is 0 Å². The van der Waals surface area contributed by atoms with E-state index in [1.54, 1.807) is 12.4 Å². The first-order chi connectivity index (χ1) is 9.22. The Morgan fingerprint density at radius 3 is 2.95 bits per heavy atom. The fourth-order valence-electron chi connectivity index (χ4n) is 2.48. The van der Waals surface area contributed by atoms with Crippen molar-refractivity contribution in [1.82, 2.24) is 14.9 Å². The van der Waals surface area contributed by atoms with E-state index >= 15 is 0 Å². The second kappa shape index (κ2) is 5.15. The molecule has 98 valence electrons. The Morgan fingerprint density at radius 2 is 2.16 bits per heavy atom. The number of hydrogen-bond donors (Lipinski definition) is 1. The van der Waals surface area contributed by atoms with Crippen molar-refractivity contribution >= 4 is 17.3 Å². The maximum atomic E-state index is 6.00. The van der Waals surface area contributed by atoms with Crippen molar-refractivity contribution in [3.8, 4) is 0 Å². The van der Waals surface area contributed by atoms with Crippen LogP contribution >= 0.6 is 11.6 Å². The first-order valence-corrected chi connectivity index (χ1v) is 6.65. The monoisotopic (exact) mass is 274 g/mol. The Bertz CT molecular complexity index is 582. The topological polar surface area (TPSA) is 55.0 Å². The SMILES string of the molecule is Nc1cccc2c1CCN(Cc1cnc(Cl)cn1)C2. The van der Waals surface area contributed by atoms with Crippen LogP contribution in [0.25, 0.3) is 0 Å². The minimum atomic E-state index is 0.431. The molecule has 1 aliphatic heterocycles. The first kappa shape index (κ1) is 12.4. The number of anilines is 1. The molecule has 3 rings (SSSR count). The summed E-state index contributed by atoms with van der Waals surface area (Å²) in [6.07, 6.45) is 4.31. The van der Waals surface area contributed by atoms with Gasteiger partial charge in [0.15, 0.2) is 0 Å². The molecule has 0 unspecified atom stereocenters. The summed E-state index contributed by atoms with van der Waals surface area (Å²) in [5.74, 6) is 0. The number of nitrogens with two attached hydrogens (primary N) is 1. The van der Waals surface area contributed by atoms with Gasteiger partial charge < -0.3 is 5.73 Å². The number of benzene rings is 1. The Kier molecular flexibility index (Phi) is 3.36. The van der Waals surface area contributed by atoms with E-state index in [0.29, 0.717) is 5.15 Å². The van der Waals surface area contributed by atoms with Gasteiger partial charge in [0, 0.05) is 25.3 Å². The summed E-state index contributed by atoms with van der Waals surface area (Å²) in [7, 11) is 0. The molecule has 0 radical (unpaired) electrons. The molecule has 1 aromatic heterocycles. The number of rotatable bonds is 2. The summed E-state index contributed by atoms with van der Waals surface area (Å²) >= 11 is 5.74. The zero-order valence-corrected chi connectivity index (χ0v) is 11.3. The lowest BCUT2D eigenvalue weighted by Gasteiger charge is -2.29. The zero-order chi connectivity index (χ0) is 13.2. The van der Waals surface area contributed by atoms with Crippen LogP contribution in [0.4, 0.5) is 5.69 Å². The fraction of sp³-hybridized carbons (Fsp3) is 0.286. The highest BCUT2D eigenvalue weighted by Crippen LogP contribution is 2.24. The van der Waals surface area contributed by atoms with Gasteiger partial charge in [0.25, 0.3) is 0 Å². The standard InChI is InChI=1S/C14H15ClN4/c15-14-7-17-11(6-18-14)9-19-5-4-12-10(8-19)2-1-3-13(12)16/h1-3,6-7H,4-5,8-9,16H2. The second-order valence-corrected chi connectivity index (χ2v) is 5.16. The van der Waals surface area contributed by atoms with Crippen LogP contribution < -0.4 is 5.73 Å². The lowest BCUT2D eigenvalue weighted by atomic mass is 9.98. The summed E-state index contributed by atoms with van der Waals surface area (Å²) in [4.78, 5) is 10.7. The quantitative estimate of drug-likeness (QED) is 0.854. The van der Waals surface area contributed by atoms with E-state index in [2.05, 4.69) is 20.9 Å². The molecule has 0 amide bonds. The summed E-state index contributed by atoms with van der Waals surface area (Å²) in [6.45, 7) is 2.69. The van der Waals surface area contributed by atoms with Gasteiger partial charge in [-0.3, -0.25) is 9.88 Å². The molecule has 4 nitrogen and oxygen atoms in total. The Labute approximate surface area is 117 Å². The molecule has 2 N–H and O–H groups in total. The molecule has 19 heavy (non-hydrogen) atoms. The number of nitrogen functional groups attached to an aromatic ring is 1. The first-order valence-electron chi connectivity index (χ1n) is 6.27. The fourth-order valence-corrected chi connectivity index (χ4v) is 2.58. The van der Waals surface area contributed by atoms with Crippen LogP contribution in [-0.2, 0) is 19.5 Å². The van der Waals surface area contributed by atoms with Crippen molar-refractivity contribution in [1.29, 1.82) is 0 Å². The zero-order valence-electron chi connectivity index (χ0n) is 10.5. The van der Waals surface area contributed by atoms with E-state index in [1.807, 2.05) is 12.1 Å². The van der Waals surface area contributed by atoms with Gasteiger partial charge in [-0.2, -0.15) is 0 Å². The molecule has 0 saturated heterocycles. The van der Waals surface area contributed by atoms with Crippen molar-refractivity contribution in [2.45, 2.75) is 19.5 Å². The predicted molar refractivity (Wildman–Crippen MR) is 75.7 cm³/mol. The second-order valence-electron chi connectivity index (χ2n) is 4.78. The minimum Gasteiger partial charge on any atom is -0.398 e. The molecule has 2 heterocycles. The van der Waals surface area contributed by atoms with Crippen molar-refractivity contribution in [2.24, 2.45) is 0 Å². The van der Waals surface area contributed by atoms with E-state index in [-0.39, 0.29) is 0 Å². The third-order valence-electron chi connectivity index (χ3n) is 3.44. The molecule has 0 fully saturated rings. The summed E-state index contributed by atoms with van der Waals surface area (Å²) in [5, 5.41) is 0.431. The molecule has 1 aliphatic rings. The van der Waals surface area contributed by atoms with E-state index in [1.165, 1.54) is 11.1 Å². The van der Waals surface area contributed by atoms with Gasteiger partial charge in [-0.05, 0) is 23.6 Å². The maximum absolute atomic E-state index is 6.00. The van der Waals surface area contributed by atoms with Gasteiger partial charge in [0.2, 0.25) is 0 Å². The van der Waals surface area contributed by atoms with Crippen LogP contribution in [-0.4, -0.2) is 21.4 Å². The molecule has 0 aliphatic carbocycles. The molecule has 0 atom stereocenters. The summed E-state index contributed by atoms with van der Waals surface area (Å²) in [6, 6.07) is 6.13. The van der Waals surface area contributed by atoms with Crippen LogP contribution in [0.3, 0.4) is 0 Å². The van der Waals surface area contributed by atoms with Crippen molar-refractivity contribution in [3.05, 3.63) is 52.6 Å². The van der Waals surface area contributed by atoms with Gasteiger partial charge >= 0.3 is 0 Å². The van der Waals surface area contributed by atoms with E-state index < -0.39 is 0 Å². The van der Waals surface area contributed by atoms with Crippen molar-refractivity contribution in [3.63, 3.8) is 0 Å². The van der Waals surface area contributed by atoms with Crippen molar-refractivity contribution < 1.29 is 0 Å². The summed E-state index contributed by atoms with van der Waals surface area (Å²) < 4.78 is 0. The highest BCUT2D eigenvalue weighted by atomic mass is 35.5. The lowest BCUT2D eigenvalue weighted by Crippen LogP contribution is -2.30. The molecule has 2 aromatic rings. The van der Waals surface area contributed by atoms with Gasteiger partial charge in [0.05, 0.1) is 18.1 Å². The average Bonchev–Trinajstić information content (AvgIpc) is 2.42.